The zero-order valence-corrected chi connectivity index (χ0v) is 25.7. The van der Waals surface area contributed by atoms with Crippen molar-refractivity contribution in [3.8, 4) is 11.4 Å². The van der Waals surface area contributed by atoms with Gasteiger partial charge in [0.25, 0.3) is 0 Å². The Hall–Kier alpha value is -3.03. The minimum atomic E-state index is -4.51. The molecule has 0 atom stereocenters. The summed E-state index contributed by atoms with van der Waals surface area (Å²) in [7, 11) is 0. The van der Waals surface area contributed by atoms with Gasteiger partial charge < -0.3 is 10.1 Å². The normalized spacial score (nSPS) is 12.0. The summed E-state index contributed by atoms with van der Waals surface area (Å²) in [6.07, 6.45) is 1.55. The van der Waals surface area contributed by atoms with Gasteiger partial charge in [-0.3, -0.25) is 4.79 Å². The van der Waals surface area contributed by atoms with Gasteiger partial charge in [0.15, 0.2) is 5.78 Å². The number of carbonyl (C=O) groups is 1. The third kappa shape index (κ3) is 7.58. The SMILES string of the molecule is CCC(CC)C(=O)/C=C(\O)C(CC)CC.Cc1ccc(-c2ncnc3c(C(F)(F)F)c4ccccc4cc23)[n-]1.[Ir]. The number of nitrogens with zero attached hydrogens (tertiary/aromatic N) is 3. The molecule has 40 heavy (non-hydrogen) atoms. The zero-order valence-electron chi connectivity index (χ0n) is 23.3. The van der Waals surface area contributed by atoms with Crippen LogP contribution in [0.25, 0.3) is 33.1 Å². The molecule has 0 aliphatic carbocycles. The monoisotopic (exact) mass is 731 g/mol. The minimum Gasteiger partial charge on any atom is -0.660 e. The Balaban J connectivity index is 0.000000307. The van der Waals surface area contributed by atoms with Gasteiger partial charge in [-0.05, 0) is 42.5 Å². The third-order valence-corrected chi connectivity index (χ3v) is 7.04. The Bertz CT molecular complexity index is 1460. The number of rotatable bonds is 8. The first kappa shape index (κ1) is 33.2. The molecular weight excluding hydrogens is 696 g/mol. The number of aliphatic hydroxyl groups is 1. The van der Waals surface area contributed by atoms with Crippen LogP contribution in [0.2, 0.25) is 0 Å². The molecule has 0 aliphatic rings. The molecule has 0 aliphatic heterocycles. The predicted octanol–water partition coefficient (Wildman–Crippen LogP) is 8.60. The van der Waals surface area contributed by atoms with Crippen molar-refractivity contribution in [1.29, 1.82) is 0 Å². The largest absolute Gasteiger partial charge is 0.660 e. The van der Waals surface area contributed by atoms with Crippen LogP contribution in [-0.4, -0.2) is 20.9 Å². The third-order valence-electron chi connectivity index (χ3n) is 7.04. The van der Waals surface area contributed by atoms with E-state index >= 15 is 0 Å². The summed E-state index contributed by atoms with van der Waals surface area (Å²) in [5.41, 5.74) is 0.899. The topological polar surface area (TPSA) is 77.2 Å². The minimum absolute atomic E-state index is 0. The van der Waals surface area contributed by atoms with Gasteiger partial charge in [0.2, 0.25) is 0 Å². The van der Waals surface area contributed by atoms with E-state index in [1.165, 1.54) is 12.1 Å². The van der Waals surface area contributed by atoms with Crippen LogP contribution in [0, 0.1) is 18.8 Å². The van der Waals surface area contributed by atoms with Crippen LogP contribution >= 0.6 is 0 Å². The number of allylic oxidation sites excluding steroid dienone is 2. The molecule has 1 radical (unpaired) electrons. The van der Waals surface area contributed by atoms with Crippen molar-refractivity contribution in [2.45, 2.75) is 66.5 Å². The summed E-state index contributed by atoms with van der Waals surface area (Å²) in [4.78, 5) is 24.2. The summed E-state index contributed by atoms with van der Waals surface area (Å²) in [6.45, 7) is 9.89. The van der Waals surface area contributed by atoms with Crippen molar-refractivity contribution >= 4 is 27.5 Å². The van der Waals surface area contributed by atoms with Crippen LogP contribution in [0.5, 0.6) is 0 Å². The molecule has 9 heteroatoms. The first-order valence-corrected chi connectivity index (χ1v) is 13.3. The fourth-order valence-electron chi connectivity index (χ4n) is 4.73. The Labute approximate surface area is 246 Å². The van der Waals surface area contributed by atoms with Crippen LogP contribution in [0.3, 0.4) is 0 Å². The van der Waals surface area contributed by atoms with E-state index in [4.69, 9.17) is 0 Å². The molecule has 0 spiro atoms. The van der Waals surface area contributed by atoms with Crippen molar-refractivity contribution < 1.29 is 43.2 Å². The molecule has 0 unspecified atom stereocenters. The molecular formula is C31H35F3IrN3O2-. The molecule has 217 valence electrons. The fourth-order valence-corrected chi connectivity index (χ4v) is 4.73. The van der Waals surface area contributed by atoms with E-state index in [9.17, 15) is 23.1 Å². The van der Waals surface area contributed by atoms with Gasteiger partial charge in [-0.2, -0.15) is 18.9 Å². The molecule has 4 aromatic rings. The number of hydrogen-bond acceptors (Lipinski definition) is 4. The molecule has 4 rings (SSSR count). The van der Waals surface area contributed by atoms with Gasteiger partial charge in [0.1, 0.15) is 6.33 Å². The number of ketones is 1. The maximum absolute atomic E-state index is 13.7. The van der Waals surface area contributed by atoms with Crippen molar-refractivity contribution in [3.05, 3.63) is 71.9 Å². The second kappa shape index (κ2) is 14.6. The van der Waals surface area contributed by atoms with E-state index in [-0.39, 0.29) is 54.4 Å². The Kier molecular flexibility index (Phi) is 12.1. The first-order valence-electron chi connectivity index (χ1n) is 13.3. The molecule has 0 bridgehead atoms. The number of carbonyl (C=O) groups excluding carboxylic acids is 1. The number of fused-ring (bicyclic) bond motifs is 2. The van der Waals surface area contributed by atoms with Gasteiger partial charge >= 0.3 is 6.18 Å². The molecule has 0 saturated carbocycles. The van der Waals surface area contributed by atoms with Crippen LogP contribution in [-0.2, 0) is 31.1 Å². The summed E-state index contributed by atoms with van der Waals surface area (Å²) < 4.78 is 41.1. The van der Waals surface area contributed by atoms with E-state index in [2.05, 4.69) is 15.0 Å². The molecule has 0 amide bonds. The van der Waals surface area contributed by atoms with Crippen molar-refractivity contribution in [2.24, 2.45) is 11.8 Å². The maximum atomic E-state index is 13.7. The molecule has 0 fully saturated rings. The molecule has 1 N–H and O–H groups in total. The van der Waals surface area contributed by atoms with E-state index in [0.29, 0.717) is 22.2 Å². The van der Waals surface area contributed by atoms with E-state index in [1.807, 2.05) is 34.6 Å². The number of alkyl halides is 3. The van der Waals surface area contributed by atoms with Crippen molar-refractivity contribution in [1.82, 2.24) is 15.0 Å². The second-order valence-corrected chi connectivity index (χ2v) is 9.56. The van der Waals surface area contributed by atoms with Crippen LogP contribution in [0.1, 0.15) is 64.6 Å². The van der Waals surface area contributed by atoms with Crippen molar-refractivity contribution in [3.63, 3.8) is 0 Å². The van der Waals surface area contributed by atoms with E-state index in [1.54, 1.807) is 36.4 Å². The maximum Gasteiger partial charge on any atom is 0.419 e. The smallest absolute Gasteiger partial charge is 0.419 e. The summed E-state index contributed by atoms with van der Waals surface area (Å²) in [5.74, 6) is 0.547. The molecule has 5 nitrogen and oxygen atoms in total. The Morgan fingerprint density at radius 3 is 2.12 bits per heavy atom. The van der Waals surface area contributed by atoms with Gasteiger partial charge in [0.05, 0.1) is 22.5 Å². The summed E-state index contributed by atoms with van der Waals surface area (Å²) in [6, 6.07) is 11.7. The van der Waals surface area contributed by atoms with Gasteiger partial charge in [-0.15, -0.1) is 5.69 Å². The summed E-state index contributed by atoms with van der Waals surface area (Å²) >= 11 is 0. The fraction of sp³-hybridized carbons (Fsp3) is 0.387. The van der Waals surface area contributed by atoms with E-state index < -0.39 is 11.7 Å². The molecule has 0 saturated heterocycles. The number of aromatic nitrogens is 3. The number of halogens is 3. The molecule has 2 aromatic heterocycles. The number of benzene rings is 2. The van der Waals surface area contributed by atoms with Crippen LogP contribution in [0.15, 0.2) is 60.6 Å². The van der Waals surface area contributed by atoms with Crippen LogP contribution < -0.4 is 4.98 Å². The van der Waals surface area contributed by atoms with Gasteiger partial charge in [-0.1, -0.05) is 71.0 Å². The average Bonchev–Trinajstić information content (AvgIpc) is 3.34. The van der Waals surface area contributed by atoms with E-state index in [0.717, 1.165) is 37.7 Å². The number of aryl methyl sites for hydroxylation is 1. The average molecular weight is 731 g/mol. The number of hydrogen-bond donors (Lipinski definition) is 1. The second-order valence-electron chi connectivity index (χ2n) is 9.56. The molecule has 2 heterocycles. The Morgan fingerprint density at radius 1 is 0.950 bits per heavy atom. The standard InChI is InChI=1S/C18H11F3N3.C13H24O2.Ir/c1-10-6-7-14(24-10)16-13-8-11-4-2-3-5-12(11)15(18(19,20)21)17(13)23-9-22-16;1-5-10(6-2)12(14)9-13(15)11(7-3)8-4;/h2-9H,1H3;9-11,14H,5-8H2,1-4H3;/q-1;;/b;12-9-;. The molecule has 2 aromatic carbocycles. The summed E-state index contributed by atoms with van der Waals surface area (Å²) in [5, 5.41) is 10.7. The van der Waals surface area contributed by atoms with Crippen molar-refractivity contribution in [2.75, 3.05) is 0 Å². The quantitative estimate of drug-likeness (QED) is 0.112. The van der Waals surface area contributed by atoms with Gasteiger partial charge in [0, 0.05) is 43.4 Å². The first-order chi connectivity index (χ1) is 18.5. The predicted molar refractivity (Wildman–Crippen MR) is 149 cm³/mol. The zero-order chi connectivity index (χ0) is 28.7. The number of aliphatic hydroxyl groups excluding tert-OH is 1. The Morgan fingerprint density at radius 2 is 1.57 bits per heavy atom. The van der Waals surface area contributed by atoms with Crippen LogP contribution in [0.4, 0.5) is 13.2 Å². The van der Waals surface area contributed by atoms with Gasteiger partial charge in [-0.25, -0.2) is 9.97 Å².